The molecule has 0 radical (unpaired) electrons. The molecule has 3 unspecified atom stereocenters. The van der Waals surface area contributed by atoms with E-state index in [2.05, 4.69) is 79.9 Å². The molecule has 0 rings (SSSR count). The van der Waals surface area contributed by atoms with Gasteiger partial charge < -0.3 is 28.8 Å². The Balaban J connectivity index is 4.44. The van der Waals surface area contributed by atoms with E-state index in [1.165, 1.54) is 38.5 Å². The molecule has 0 fully saturated rings. The number of aliphatic hydroxyl groups is 1. The summed E-state index contributed by atoms with van der Waals surface area (Å²) >= 11 is 0. The number of amides is 1. The molecule has 0 aromatic rings. The number of rotatable bonds is 36. The molecule has 2 N–H and O–H groups in total. The van der Waals surface area contributed by atoms with Crippen LogP contribution < -0.4 is 10.2 Å². The van der Waals surface area contributed by atoms with Crippen molar-refractivity contribution in [3.05, 3.63) is 72.9 Å². The maximum absolute atomic E-state index is 12.8. The number of likely N-dealkylation sites (N-methyl/N-ethyl adjacent to an activating group) is 1. The molecular formula is C44H79N2O6P. The van der Waals surface area contributed by atoms with E-state index in [-0.39, 0.29) is 12.5 Å². The number of unbranched alkanes of at least 4 members (excludes halogenated alkanes) is 13. The van der Waals surface area contributed by atoms with Crippen LogP contribution in [0.5, 0.6) is 0 Å². The second-order valence-electron chi connectivity index (χ2n) is 15.0. The number of phosphoric acid groups is 1. The summed E-state index contributed by atoms with van der Waals surface area (Å²) < 4.78 is 23.1. The maximum Gasteiger partial charge on any atom is 0.268 e. The zero-order valence-corrected chi connectivity index (χ0v) is 35.3. The number of quaternary nitrogens is 1. The smallest absolute Gasteiger partial charge is 0.268 e. The number of nitrogens with one attached hydrogen (secondary N) is 1. The van der Waals surface area contributed by atoms with Gasteiger partial charge in [0.25, 0.3) is 7.82 Å². The van der Waals surface area contributed by atoms with Crippen LogP contribution in [0.25, 0.3) is 0 Å². The molecule has 0 bridgehead atoms. The minimum Gasteiger partial charge on any atom is -0.756 e. The van der Waals surface area contributed by atoms with Gasteiger partial charge in [-0.25, -0.2) is 0 Å². The minimum atomic E-state index is -4.59. The monoisotopic (exact) mass is 763 g/mol. The van der Waals surface area contributed by atoms with Crippen molar-refractivity contribution in [2.75, 3.05) is 40.9 Å². The quantitative estimate of drug-likeness (QED) is 0.0285. The SMILES string of the molecule is CC/C=C\C/C=C\C/C=C\C/C=C\C/C=C\CCCCCCCC(=O)NC(COP(=O)([O-])OCC[N+](C)(C)C)C(O)/C=C/CCCCCCCCCC. The van der Waals surface area contributed by atoms with Crippen molar-refractivity contribution >= 4 is 13.7 Å². The van der Waals surface area contributed by atoms with Crippen LogP contribution in [0.3, 0.4) is 0 Å². The lowest BCUT2D eigenvalue weighted by Crippen LogP contribution is -2.45. The molecule has 0 saturated heterocycles. The Hall–Kier alpha value is -2.06. The standard InChI is InChI=1S/C44H79N2O6P/c1-6-8-10-12-14-16-18-19-20-21-22-23-24-25-26-27-28-30-32-34-36-38-44(48)45-42(41-52-53(49,50)51-40-39-46(3,4)5)43(47)37-35-33-31-29-17-15-13-11-9-7-2/h8,10,14,16,19-20,22-23,25-26,35,37,42-43,47H,6-7,9,11-13,15,17-18,21,24,27-34,36,38-41H2,1-5H3,(H-,45,48,49,50)/b10-8-,16-14-,20-19-,23-22-,26-25-,37-35+. The Morgan fingerprint density at radius 2 is 1.15 bits per heavy atom. The van der Waals surface area contributed by atoms with Crippen LogP contribution in [0, 0.1) is 0 Å². The van der Waals surface area contributed by atoms with Crippen molar-refractivity contribution in [2.24, 2.45) is 0 Å². The van der Waals surface area contributed by atoms with Crippen LogP contribution in [0.15, 0.2) is 72.9 Å². The summed E-state index contributed by atoms with van der Waals surface area (Å²) in [7, 11) is 1.23. The van der Waals surface area contributed by atoms with Crippen LogP contribution in [0.1, 0.15) is 149 Å². The summed E-state index contributed by atoms with van der Waals surface area (Å²) in [6.45, 7) is 4.46. The first-order valence-corrected chi connectivity index (χ1v) is 22.3. The van der Waals surface area contributed by atoms with Gasteiger partial charge in [-0.05, 0) is 64.2 Å². The first-order valence-electron chi connectivity index (χ1n) is 20.8. The Bertz CT molecular complexity index is 1090. The summed E-state index contributed by atoms with van der Waals surface area (Å²) in [5.41, 5.74) is 0. The van der Waals surface area contributed by atoms with Gasteiger partial charge in [0.2, 0.25) is 5.91 Å². The minimum absolute atomic E-state index is 0.00924. The van der Waals surface area contributed by atoms with Crippen molar-refractivity contribution in [1.82, 2.24) is 5.32 Å². The highest BCUT2D eigenvalue weighted by Gasteiger charge is 2.23. The van der Waals surface area contributed by atoms with E-state index in [0.29, 0.717) is 17.4 Å². The van der Waals surface area contributed by atoms with E-state index in [4.69, 9.17) is 9.05 Å². The van der Waals surface area contributed by atoms with Crippen molar-refractivity contribution in [2.45, 2.75) is 161 Å². The van der Waals surface area contributed by atoms with Crippen molar-refractivity contribution in [1.29, 1.82) is 0 Å². The average molecular weight is 763 g/mol. The molecule has 0 aliphatic heterocycles. The van der Waals surface area contributed by atoms with E-state index >= 15 is 0 Å². The molecule has 3 atom stereocenters. The molecule has 0 spiro atoms. The molecule has 0 aliphatic carbocycles. The first-order chi connectivity index (χ1) is 25.5. The molecule has 1 amide bonds. The van der Waals surface area contributed by atoms with Crippen LogP contribution in [0.4, 0.5) is 0 Å². The van der Waals surface area contributed by atoms with Crippen LogP contribution in [-0.4, -0.2) is 68.5 Å². The van der Waals surface area contributed by atoms with Gasteiger partial charge in [0, 0.05) is 6.42 Å². The molecule has 9 heteroatoms. The van der Waals surface area contributed by atoms with Gasteiger partial charge in [-0.2, -0.15) is 0 Å². The highest BCUT2D eigenvalue weighted by molar-refractivity contribution is 7.45. The summed E-state index contributed by atoms with van der Waals surface area (Å²) in [6.07, 6.45) is 46.6. The first kappa shape index (κ1) is 50.9. The van der Waals surface area contributed by atoms with E-state index < -0.39 is 26.6 Å². The van der Waals surface area contributed by atoms with E-state index in [9.17, 15) is 19.4 Å². The third kappa shape index (κ3) is 38.0. The van der Waals surface area contributed by atoms with Crippen molar-refractivity contribution < 1.29 is 32.9 Å². The van der Waals surface area contributed by atoms with Crippen LogP contribution in [-0.2, 0) is 18.4 Å². The number of aliphatic hydroxyl groups excluding tert-OH is 1. The maximum atomic E-state index is 12.8. The number of nitrogens with zero attached hydrogens (tertiary/aromatic N) is 1. The number of hydrogen-bond donors (Lipinski definition) is 2. The summed E-state index contributed by atoms with van der Waals surface area (Å²) in [5, 5.41) is 13.7. The number of hydrogen-bond acceptors (Lipinski definition) is 6. The zero-order chi connectivity index (χ0) is 39.3. The van der Waals surface area contributed by atoms with Crippen LogP contribution in [0.2, 0.25) is 0 Å². The Labute approximate surface area is 325 Å². The second-order valence-corrected chi connectivity index (χ2v) is 16.4. The topological polar surface area (TPSA) is 108 Å². The third-order valence-corrected chi connectivity index (χ3v) is 9.64. The van der Waals surface area contributed by atoms with Gasteiger partial charge in [0.1, 0.15) is 13.2 Å². The van der Waals surface area contributed by atoms with E-state index in [1.54, 1.807) is 6.08 Å². The Morgan fingerprint density at radius 3 is 1.68 bits per heavy atom. The average Bonchev–Trinajstić information content (AvgIpc) is 3.10. The Morgan fingerprint density at radius 1 is 0.679 bits per heavy atom. The lowest BCUT2D eigenvalue weighted by Gasteiger charge is -2.29. The Kier molecular flexibility index (Phi) is 34.2. The normalized spacial score (nSPS) is 15.2. The number of carbonyl (C=O) groups is 1. The molecule has 0 heterocycles. The predicted molar refractivity (Wildman–Crippen MR) is 223 cm³/mol. The van der Waals surface area contributed by atoms with E-state index in [1.807, 2.05) is 27.2 Å². The van der Waals surface area contributed by atoms with Gasteiger partial charge in [0.05, 0.1) is 39.9 Å². The molecule has 0 saturated carbocycles. The molecule has 0 aliphatic rings. The second kappa shape index (κ2) is 35.6. The van der Waals surface area contributed by atoms with E-state index in [0.717, 1.165) is 89.9 Å². The van der Waals surface area contributed by atoms with Gasteiger partial charge >= 0.3 is 0 Å². The fourth-order valence-corrected chi connectivity index (χ4v) is 6.08. The highest BCUT2D eigenvalue weighted by atomic mass is 31.2. The third-order valence-electron chi connectivity index (χ3n) is 8.67. The van der Waals surface area contributed by atoms with Crippen LogP contribution >= 0.6 is 7.82 Å². The van der Waals surface area contributed by atoms with Crippen molar-refractivity contribution in [3.63, 3.8) is 0 Å². The number of carbonyl (C=O) groups excluding carboxylic acids is 1. The molecule has 0 aromatic heterocycles. The summed E-state index contributed by atoms with van der Waals surface area (Å²) in [5.74, 6) is -0.223. The molecular weight excluding hydrogens is 683 g/mol. The predicted octanol–water partition coefficient (Wildman–Crippen LogP) is 10.6. The lowest BCUT2D eigenvalue weighted by molar-refractivity contribution is -0.870. The van der Waals surface area contributed by atoms with Crippen molar-refractivity contribution in [3.8, 4) is 0 Å². The summed E-state index contributed by atoms with van der Waals surface area (Å²) in [6, 6.07) is -0.898. The molecule has 53 heavy (non-hydrogen) atoms. The van der Waals surface area contributed by atoms with Gasteiger partial charge in [-0.15, -0.1) is 0 Å². The molecule has 0 aromatic carbocycles. The molecule has 8 nitrogen and oxygen atoms in total. The molecule has 306 valence electrons. The van der Waals surface area contributed by atoms with Gasteiger partial charge in [0.15, 0.2) is 0 Å². The lowest BCUT2D eigenvalue weighted by atomic mass is 10.1. The fourth-order valence-electron chi connectivity index (χ4n) is 5.35. The summed E-state index contributed by atoms with van der Waals surface area (Å²) in [4.78, 5) is 25.2. The largest absolute Gasteiger partial charge is 0.756 e. The van der Waals surface area contributed by atoms with Gasteiger partial charge in [-0.1, -0.05) is 151 Å². The number of allylic oxidation sites excluding steroid dienone is 11. The zero-order valence-electron chi connectivity index (χ0n) is 34.4. The highest BCUT2D eigenvalue weighted by Crippen LogP contribution is 2.38. The fraction of sp³-hybridized carbons (Fsp3) is 0.705. The number of phosphoric ester groups is 1. The van der Waals surface area contributed by atoms with Gasteiger partial charge in [-0.3, -0.25) is 9.36 Å².